The molecule has 0 aromatic heterocycles. The molecule has 1 amide bonds. The summed E-state index contributed by atoms with van der Waals surface area (Å²) in [6.07, 6.45) is 0. The van der Waals surface area contributed by atoms with Crippen LogP contribution in [0.3, 0.4) is 0 Å². The molecule has 0 saturated carbocycles. The monoisotopic (exact) mass is 339 g/mol. The van der Waals surface area contributed by atoms with Crippen molar-refractivity contribution in [2.24, 2.45) is 0 Å². The third kappa shape index (κ3) is 3.91. The number of amides is 1. The first-order valence-electron chi connectivity index (χ1n) is 7.77. The van der Waals surface area contributed by atoms with Crippen LogP contribution >= 0.6 is 0 Å². The number of nitrogens with zero attached hydrogens (tertiary/aromatic N) is 2. The summed E-state index contributed by atoms with van der Waals surface area (Å²) >= 11 is 0. The highest BCUT2D eigenvalue weighted by Crippen LogP contribution is 2.18. The highest BCUT2D eigenvalue weighted by atomic mass is 32.2. The minimum atomic E-state index is -3.66. The first-order valence-corrected chi connectivity index (χ1v) is 9.21. The number of nitrogens with one attached hydrogen (secondary N) is 1. The van der Waals surface area contributed by atoms with E-state index in [1.807, 2.05) is 20.8 Å². The van der Waals surface area contributed by atoms with Gasteiger partial charge in [0.2, 0.25) is 15.9 Å². The summed E-state index contributed by atoms with van der Waals surface area (Å²) in [6, 6.07) is 5.11. The van der Waals surface area contributed by atoms with E-state index in [2.05, 4.69) is 5.32 Å². The largest absolute Gasteiger partial charge is 0.336 e. The van der Waals surface area contributed by atoms with E-state index in [0.717, 1.165) is 28.5 Å². The van der Waals surface area contributed by atoms with Gasteiger partial charge in [0.15, 0.2) is 0 Å². The van der Waals surface area contributed by atoms with Gasteiger partial charge in [-0.3, -0.25) is 4.79 Å². The molecule has 1 aliphatic heterocycles. The molecule has 7 heteroatoms. The minimum absolute atomic E-state index is 0.0778. The summed E-state index contributed by atoms with van der Waals surface area (Å²) in [6.45, 7) is 7.72. The number of sulfonamides is 1. The van der Waals surface area contributed by atoms with E-state index in [1.54, 1.807) is 23.1 Å². The van der Waals surface area contributed by atoms with Crippen molar-refractivity contribution in [2.75, 3.05) is 33.2 Å². The molecule has 2 rings (SSSR count). The van der Waals surface area contributed by atoms with Gasteiger partial charge in [-0.15, -0.1) is 0 Å². The average molecular weight is 339 g/mol. The van der Waals surface area contributed by atoms with Crippen LogP contribution in [-0.2, 0) is 14.8 Å². The van der Waals surface area contributed by atoms with Crippen molar-refractivity contribution in [1.29, 1.82) is 0 Å². The quantitative estimate of drug-likeness (QED) is 0.879. The molecule has 1 saturated heterocycles. The molecule has 0 aliphatic carbocycles. The lowest BCUT2D eigenvalue weighted by Gasteiger charge is -2.34. The molecule has 1 aromatic rings. The molecular formula is C16H25N3O3S. The Hall–Kier alpha value is -1.44. The zero-order valence-electron chi connectivity index (χ0n) is 14.2. The van der Waals surface area contributed by atoms with Crippen LogP contribution in [0.25, 0.3) is 0 Å². The van der Waals surface area contributed by atoms with Crippen molar-refractivity contribution >= 4 is 15.9 Å². The first kappa shape index (κ1) is 17.9. The number of carbonyl (C=O) groups excluding carboxylic acids is 1. The van der Waals surface area contributed by atoms with Crippen LogP contribution in [0, 0.1) is 13.8 Å². The summed E-state index contributed by atoms with van der Waals surface area (Å²) in [5.74, 6) is -0.158. The van der Waals surface area contributed by atoms with Crippen LogP contribution in [0.2, 0.25) is 0 Å². The Morgan fingerprint density at radius 3 is 2.65 bits per heavy atom. The van der Waals surface area contributed by atoms with Crippen LogP contribution in [0.4, 0.5) is 0 Å². The molecule has 128 valence electrons. The summed E-state index contributed by atoms with van der Waals surface area (Å²) in [4.78, 5) is 14.4. The van der Waals surface area contributed by atoms with Crippen molar-refractivity contribution in [1.82, 2.24) is 14.5 Å². The van der Waals surface area contributed by atoms with Gasteiger partial charge in [0.25, 0.3) is 0 Å². The van der Waals surface area contributed by atoms with E-state index in [1.165, 1.54) is 7.05 Å². The summed E-state index contributed by atoms with van der Waals surface area (Å²) in [5.41, 5.74) is 1.96. The Morgan fingerprint density at radius 2 is 2.04 bits per heavy atom. The lowest BCUT2D eigenvalue weighted by atomic mass is 10.1. The molecule has 1 atom stereocenters. The molecule has 23 heavy (non-hydrogen) atoms. The molecule has 1 fully saturated rings. The number of hydrogen-bond donors (Lipinski definition) is 1. The van der Waals surface area contributed by atoms with Crippen LogP contribution in [0.1, 0.15) is 18.1 Å². The third-order valence-electron chi connectivity index (χ3n) is 4.37. The van der Waals surface area contributed by atoms with Crippen LogP contribution in [0.15, 0.2) is 23.1 Å². The number of aryl methyl sites for hydroxylation is 2. The summed E-state index contributed by atoms with van der Waals surface area (Å²) in [5, 5.41) is 3.21. The van der Waals surface area contributed by atoms with Gasteiger partial charge in [0, 0.05) is 32.7 Å². The molecule has 1 aliphatic rings. The lowest BCUT2D eigenvalue weighted by molar-refractivity contribution is -0.133. The zero-order valence-corrected chi connectivity index (χ0v) is 15.0. The molecule has 0 spiro atoms. The summed E-state index contributed by atoms with van der Waals surface area (Å²) in [7, 11) is -2.21. The lowest BCUT2D eigenvalue weighted by Crippen LogP contribution is -2.54. The second kappa shape index (κ2) is 6.98. The maximum Gasteiger partial charge on any atom is 0.243 e. The number of hydrogen-bond acceptors (Lipinski definition) is 4. The van der Waals surface area contributed by atoms with Gasteiger partial charge < -0.3 is 10.2 Å². The fourth-order valence-corrected chi connectivity index (χ4v) is 3.84. The maximum absolute atomic E-state index is 12.6. The zero-order chi connectivity index (χ0) is 17.2. The summed E-state index contributed by atoms with van der Waals surface area (Å²) < 4.78 is 26.4. The Balaban J connectivity index is 2.13. The maximum atomic E-state index is 12.6. The van der Waals surface area contributed by atoms with Gasteiger partial charge in [0.1, 0.15) is 0 Å². The normalized spacial score (nSPS) is 19.2. The molecular weight excluding hydrogens is 314 g/mol. The molecule has 1 N–H and O–H groups in total. The standard InChI is InChI=1S/C16H25N3O3S/c1-12-5-6-15(9-13(12)2)23(21,22)18(4)11-16(20)19-8-7-17-10-14(19)3/h5-6,9,14,17H,7-8,10-11H2,1-4H3/t14-/m1/s1. The second-order valence-electron chi connectivity index (χ2n) is 6.15. The smallest absolute Gasteiger partial charge is 0.243 e. The van der Waals surface area contributed by atoms with Gasteiger partial charge in [-0.25, -0.2) is 8.42 Å². The second-order valence-corrected chi connectivity index (χ2v) is 8.19. The Bertz CT molecular complexity index is 688. The molecule has 1 heterocycles. The van der Waals surface area contributed by atoms with Crippen molar-refractivity contribution in [3.8, 4) is 0 Å². The fraction of sp³-hybridized carbons (Fsp3) is 0.562. The van der Waals surface area contributed by atoms with E-state index in [9.17, 15) is 13.2 Å². The molecule has 0 radical (unpaired) electrons. The topological polar surface area (TPSA) is 69.7 Å². The van der Waals surface area contributed by atoms with Crippen molar-refractivity contribution in [3.05, 3.63) is 29.3 Å². The van der Waals surface area contributed by atoms with Crippen molar-refractivity contribution in [3.63, 3.8) is 0 Å². The van der Waals surface area contributed by atoms with E-state index in [4.69, 9.17) is 0 Å². The Kier molecular flexibility index (Phi) is 5.44. The van der Waals surface area contributed by atoms with Gasteiger partial charge in [-0.1, -0.05) is 6.07 Å². The number of rotatable bonds is 4. The number of likely N-dealkylation sites (N-methyl/N-ethyl adjacent to an activating group) is 1. The SMILES string of the molecule is Cc1ccc(S(=O)(=O)N(C)CC(=O)N2CCNC[C@H]2C)cc1C. The van der Waals surface area contributed by atoms with Crippen LogP contribution in [0.5, 0.6) is 0 Å². The fourth-order valence-electron chi connectivity index (χ4n) is 2.63. The predicted octanol–water partition coefficient (Wildman–Crippen LogP) is 0.744. The minimum Gasteiger partial charge on any atom is -0.336 e. The Labute approximate surface area is 138 Å². The number of benzene rings is 1. The van der Waals surface area contributed by atoms with Gasteiger partial charge in [0.05, 0.1) is 11.4 Å². The molecule has 0 bridgehead atoms. The third-order valence-corrected chi connectivity index (χ3v) is 6.17. The average Bonchev–Trinajstić information content (AvgIpc) is 2.50. The molecule has 1 aromatic carbocycles. The van der Waals surface area contributed by atoms with Gasteiger partial charge in [-0.2, -0.15) is 4.31 Å². The van der Waals surface area contributed by atoms with E-state index in [0.29, 0.717) is 6.54 Å². The highest BCUT2D eigenvalue weighted by molar-refractivity contribution is 7.89. The number of carbonyl (C=O) groups is 1. The van der Waals surface area contributed by atoms with Crippen LogP contribution in [-0.4, -0.2) is 62.8 Å². The van der Waals surface area contributed by atoms with E-state index < -0.39 is 10.0 Å². The van der Waals surface area contributed by atoms with Crippen molar-refractivity contribution in [2.45, 2.75) is 31.7 Å². The predicted molar refractivity (Wildman–Crippen MR) is 89.8 cm³/mol. The molecule has 0 unspecified atom stereocenters. The van der Waals surface area contributed by atoms with E-state index in [-0.39, 0.29) is 23.4 Å². The van der Waals surface area contributed by atoms with Gasteiger partial charge >= 0.3 is 0 Å². The van der Waals surface area contributed by atoms with Crippen molar-refractivity contribution < 1.29 is 13.2 Å². The van der Waals surface area contributed by atoms with E-state index >= 15 is 0 Å². The highest BCUT2D eigenvalue weighted by Gasteiger charge is 2.28. The molecule has 6 nitrogen and oxygen atoms in total. The van der Waals surface area contributed by atoms with Gasteiger partial charge in [-0.05, 0) is 44.0 Å². The Morgan fingerprint density at radius 1 is 1.35 bits per heavy atom. The van der Waals surface area contributed by atoms with Crippen LogP contribution < -0.4 is 5.32 Å². The first-order chi connectivity index (χ1) is 10.7. The number of piperazine rings is 1.